The van der Waals surface area contributed by atoms with Crippen LogP contribution < -0.4 is 4.72 Å². The van der Waals surface area contributed by atoms with Crippen molar-refractivity contribution in [3.63, 3.8) is 0 Å². The third-order valence-electron chi connectivity index (χ3n) is 5.62. The van der Waals surface area contributed by atoms with Crippen molar-refractivity contribution in [1.82, 2.24) is 9.62 Å². The molecule has 4 rings (SSSR count). The predicted octanol–water partition coefficient (Wildman–Crippen LogP) is 5.70. The second-order valence-corrected chi connectivity index (χ2v) is 10.2. The fraction of sp³-hybridized carbons (Fsp3) is 0.100. The van der Waals surface area contributed by atoms with E-state index in [0.29, 0.717) is 18.7 Å². The molecule has 0 heterocycles. The van der Waals surface area contributed by atoms with Crippen LogP contribution in [-0.4, -0.2) is 19.1 Å². The molecule has 0 radical (unpaired) electrons. The summed E-state index contributed by atoms with van der Waals surface area (Å²) in [5.74, 6) is -0.405. The Morgan fingerprint density at radius 1 is 0.722 bits per heavy atom. The molecule has 0 fully saturated rings. The van der Waals surface area contributed by atoms with Gasteiger partial charge < -0.3 is 4.90 Å². The van der Waals surface area contributed by atoms with E-state index in [1.165, 1.54) is 12.1 Å². The monoisotopic (exact) mass is 496 g/mol. The molecule has 0 aliphatic carbocycles. The van der Waals surface area contributed by atoms with Gasteiger partial charge in [0.2, 0.25) is 5.78 Å². The molecule has 6 heteroatoms. The summed E-state index contributed by atoms with van der Waals surface area (Å²) in [5, 5.41) is 0. The van der Waals surface area contributed by atoms with Crippen LogP contribution in [0.1, 0.15) is 27.0 Å². The van der Waals surface area contributed by atoms with E-state index >= 15 is 0 Å². The van der Waals surface area contributed by atoms with Gasteiger partial charge in [0.1, 0.15) is 5.70 Å². The number of ketones is 1. The molecular weight excluding hydrogens is 468 g/mol. The smallest absolute Gasteiger partial charge is 0.262 e. The van der Waals surface area contributed by atoms with Gasteiger partial charge >= 0.3 is 0 Å². The SMILES string of the molecule is Cc1ccc(S(=O)(=O)N/C(=C\N(Cc2ccccc2)Cc2ccccc2)C(=O)c2ccccc2)cc1. The second kappa shape index (κ2) is 11.5. The lowest BCUT2D eigenvalue weighted by molar-refractivity contribution is 0.102. The van der Waals surface area contributed by atoms with E-state index in [0.717, 1.165) is 16.7 Å². The predicted molar refractivity (Wildman–Crippen MR) is 142 cm³/mol. The van der Waals surface area contributed by atoms with E-state index in [-0.39, 0.29) is 10.6 Å². The average molecular weight is 497 g/mol. The van der Waals surface area contributed by atoms with Gasteiger partial charge in [-0.25, -0.2) is 8.42 Å². The molecule has 0 unspecified atom stereocenters. The van der Waals surface area contributed by atoms with E-state index < -0.39 is 15.8 Å². The molecule has 182 valence electrons. The van der Waals surface area contributed by atoms with E-state index in [1.807, 2.05) is 78.6 Å². The molecule has 0 aromatic heterocycles. The Balaban J connectivity index is 1.74. The molecule has 0 atom stereocenters. The first-order chi connectivity index (χ1) is 17.4. The van der Waals surface area contributed by atoms with Crippen molar-refractivity contribution in [2.24, 2.45) is 0 Å². The van der Waals surface area contributed by atoms with Crippen molar-refractivity contribution in [3.8, 4) is 0 Å². The van der Waals surface area contributed by atoms with Crippen LogP contribution in [0.3, 0.4) is 0 Å². The zero-order chi connectivity index (χ0) is 25.4. The normalized spacial score (nSPS) is 11.6. The highest BCUT2D eigenvalue weighted by atomic mass is 32.2. The van der Waals surface area contributed by atoms with Crippen LogP contribution in [0.2, 0.25) is 0 Å². The highest BCUT2D eigenvalue weighted by molar-refractivity contribution is 7.89. The lowest BCUT2D eigenvalue weighted by Gasteiger charge is -2.23. The van der Waals surface area contributed by atoms with E-state index in [4.69, 9.17) is 0 Å². The minimum atomic E-state index is -3.99. The fourth-order valence-corrected chi connectivity index (χ4v) is 4.81. The van der Waals surface area contributed by atoms with Crippen molar-refractivity contribution in [2.45, 2.75) is 24.9 Å². The number of rotatable bonds is 10. The average Bonchev–Trinajstić information content (AvgIpc) is 2.89. The lowest BCUT2D eigenvalue weighted by atomic mass is 10.1. The van der Waals surface area contributed by atoms with Crippen molar-refractivity contribution >= 4 is 15.8 Å². The van der Waals surface area contributed by atoms with Gasteiger partial charge in [0.05, 0.1) is 4.90 Å². The summed E-state index contributed by atoms with van der Waals surface area (Å²) >= 11 is 0. The number of nitrogens with zero attached hydrogens (tertiary/aromatic N) is 1. The molecule has 0 bridgehead atoms. The number of sulfonamides is 1. The van der Waals surface area contributed by atoms with Gasteiger partial charge in [-0.15, -0.1) is 0 Å². The Morgan fingerprint density at radius 3 is 1.69 bits per heavy atom. The molecular formula is C30H28N2O3S. The maximum absolute atomic E-state index is 13.5. The second-order valence-electron chi connectivity index (χ2n) is 8.53. The van der Waals surface area contributed by atoms with Crippen LogP contribution in [0.25, 0.3) is 0 Å². The van der Waals surface area contributed by atoms with Crippen LogP contribution in [0.15, 0.2) is 132 Å². The highest BCUT2D eigenvalue weighted by Gasteiger charge is 2.22. The van der Waals surface area contributed by atoms with Gasteiger partial charge in [0, 0.05) is 24.9 Å². The Bertz CT molecular complexity index is 1380. The number of carbonyl (C=O) groups is 1. The standard InChI is InChI=1S/C30H28N2O3S/c1-24-17-19-28(20-18-24)36(34,35)31-29(30(33)27-15-9-4-10-16-27)23-32(21-25-11-5-2-6-12-25)22-26-13-7-3-8-14-26/h2-20,23,31H,21-22H2,1H3/b29-23-. The Hall–Kier alpha value is -4.16. The maximum atomic E-state index is 13.5. The van der Waals surface area contributed by atoms with Gasteiger partial charge in [-0.05, 0) is 30.2 Å². The zero-order valence-electron chi connectivity index (χ0n) is 20.0. The third kappa shape index (κ3) is 6.71. The van der Waals surface area contributed by atoms with Gasteiger partial charge in [-0.1, -0.05) is 109 Å². The van der Waals surface area contributed by atoms with Crippen molar-refractivity contribution in [2.75, 3.05) is 0 Å². The van der Waals surface area contributed by atoms with Crippen LogP contribution in [0, 0.1) is 6.92 Å². The van der Waals surface area contributed by atoms with Crippen LogP contribution in [0.5, 0.6) is 0 Å². The van der Waals surface area contributed by atoms with E-state index in [9.17, 15) is 13.2 Å². The number of allylic oxidation sites excluding steroid dienone is 1. The summed E-state index contributed by atoms with van der Waals surface area (Å²) in [6, 6.07) is 34.9. The third-order valence-corrected chi connectivity index (χ3v) is 7.01. The quantitative estimate of drug-likeness (QED) is 0.226. The van der Waals surface area contributed by atoms with E-state index in [2.05, 4.69) is 4.72 Å². The maximum Gasteiger partial charge on any atom is 0.262 e. The van der Waals surface area contributed by atoms with Gasteiger partial charge in [-0.3, -0.25) is 9.52 Å². The van der Waals surface area contributed by atoms with Gasteiger partial charge in [-0.2, -0.15) is 0 Å². The fourth-order valence-electron chi connectivity index (χ4n) is 3.76. The number of Topliss-reactive ketones (excluding diaryl/α,β-unsaturated/α-hetero) is 1. The molecule has 0 spiro atoms. The van der Waals surface area contributed by atoms with E-state index in [1.54, 1.807) is 42.6 Å². The first kappa shape index (κ1) is 24.9. The lowest BCUT2D eigenvalue weighted by Crippen LogP contribution is -2.30. The number of benzene rings is 4. The zero-order valence-corrected chi connectivity index (χ0v) is 20.9. The highest BCUT2D eigenvalue weighted by Crippen LogP contribution is 2.17. The van der Waals surface area contributed by atoms with Crippen LogP contribution in [0.4, 0.5) is 0 Å². The van der Waals surface area contributed by atoms with Crippen LogP contribution in [-0.2, 0) is 23.1 Å². The molecule has 0 saturated heterocycles. The summed E-state index contributed by atoms with van der Waals surface area (Å²) in [5.41, 5.74) is 3.40. The minimum Gasteiger partial charge on any atom is -0.367 e. The molecule has 0 amide bonds. The largest absolute Gasteiger partial charge is 0.367 e. The number of nitrogens with one attached hydrogen (secondary N) is 1. The molecule has 1 N–H and O–H groups in total. The first-order valence-corrected chi connectivity index (χ1v) is 13.1. The van der Waals surface area contributed by atoms with Crippen molar-refractivity contribution < 1.29 is 13.2 Å². The van der Waals surface area contributed by atoms with Crippen molar-refractivity contribution in [1.29, 1.82) is 0 Å². The summed E-state index contributed by atoms with van der Waals surface area (Å²) in [6.45, 7) is 2.88. The molecule has 0 saturated carbocycles. The first-order valence-electron chi connectivity index (χ1n) is 11.6. The molecule has 4 aromatic rings. The molecule has 36 heavy (non-hydrogen) atoms. The van der Waals surface area contributed by atoms with Crippen molar-refractivity contribution in [3.05, 3.63) is 149 Å². The number of hydrogen-bond acceptors (Lipinski definition) is 4. The summed E-state index contributed by atoms with van der Waals surface area (Å²) in [4.78, 5) is 15.6. The Kier molecular flexibility index (Phi) is 7.98. The van der Waals surface area contributed by atoms with Gasteiger partial charge in [0.25, 0.3) is 10.0 Å². The summed E-state index contributed by atoms with van der Waals surface area (Å²) < 4.78 is 29.1. The molecule has 5 nitrogen and oxygen atoms in total. The van der Waals surface area contributed by atoms with Crippen LogP contribution >= 0.6 is 0 Å². The molecule has 4 aromatic carbocycles. The minimum absolute atomic E-state index is 0.0198. The topological polar surface area (TPSA) is 66.5 Å². The molecule has 0 aliphatic rings. The summed E-state index contributed by atoms with van der Waals surface area (Å²) in [7, 11) is -3.99. The van der Waals surface area contributed by atoms with Gasteiger partial charge in [0.15, 0.2) is 0 Å². The summed E-state index contributed by atoms with van der Waals surface area (Å²) in [6.07, 6.45) is 1.61. The number of carbonyl (C=O) groups excluding carboxylic acids is 1. The molecule has 0 aliphatic heterocycles. The number of hydrogen-bond donors (Lipinski definition) is 1. The Labute approximate surface area is 212 Å². The Morgan fingerprint density at radius 2 is 1.19 bits per heavy atom. The number of aryl methyl sites for hydroxylation is 1.